The van der Waals surface area contributed by atoms with Gasteiger partial charge in [-0.15, -0.1) is 0 Å². The van der Waals surface area contributed by atoms with E-state index in [-0.39, 0.29) is 11.9 Å². The van der Waals surface area contributed by atoms with E-state index in [4.69, 9.17) is 16.0 Å². The van der Waals surface area contributed by atoms with E-state index >= 15 is 0 Å². The third-order valence-corrected chi connectivity index (χ3v) is 4.54. The van der Waals surface area contributed by atoms with E-state index in [0.29, 0.717) is 12.3 Å². The molecule has 1 saturated heterocycles. The molecule has 3 rings (SSSR count). The minimum Gasteiger partial charge on any atom is -0.459 e. The molecule has 0 radical (unpaired) electrons. The average Bonchev–Trinajstić information content (AvgIpc) is 3.12. The number of benzene rings is 1. The van der Waals surface area contributed by atoms with Crippen molar-refractivity contribution in [2.24, 2.45) is 0 Å². The zero-order chi connectivity index (χ0) is 16.1. The Kier molecular flexibility index (Phi) is 5.36. The van der Waals surface area contributed by atoms with Gasteiger partial charge in [0.25, 0.3) is 5.91 Å². The minimum atomic E-state index is -0.175. The molecule has 122 valence electrons. The van der Waals surface area contributed by atoms with Gasteiger partial charge in [0.1, 0.15) is 0 Å². The van der Waals surface area contributed by atoms with Crippen molar-refractivity contribution < 1.29 is 9.21 Å². The lowest BCUT2D eigenvalue weighted by Gasteiger charge is -2.35. The van der Waals surface area contributed by atoms with E-state index in [9.17, 15) is 4.79 Å². The van der Waals surface area contributed by atoms with Gasteiger partial charge in [0.2, 0.25) is 0 Å². The maximum Gasteiger partial charge on any atom is 0.287 e. The summed E-state index contributed by atoms with van der Waals surface area (Å²) < 4.78 is 5.15. The van der Waals surface area contributed by atoms with Crippen LogP contribution in [0.4, 0.5) is 0 Å². The zero-order valence-corrected chi connectivity index (χ0v) is 13.8. The Balaban J connectivity index is 1.72. The molecule has 0 saturated carbocycles. The molecule has 1 atom stereocenters. The lowest BCUT2D eigenvalue weighted by Crippen LogP contribution is -2.40. The number of halogens is 1. The Hall–Kier alpha value is -1.78. The highest BCUT2D eigenvalue weighted by molar-refractivity contribution is 6.30. The Morgan fingerprint density at radius 1 is 1.17 bits per heavy atom. The van der Waals surface area contributed by atoms with Crippen LogP contribution in [0.2, 0.25) is 5.02 Å². The molecule has 1 N–H and O–H groups in total. The van der Waals surface area contributed by atoms with Crippen molar-refractivity contribution in [1.29, 1.82) is 0 Å². The molecule has 0 spiro atoms. The molecule has 2 heterocycles. The number of hydrogen-bond acceptors (Lipinski definition) is 3. The number of furan rings is 1. The fourth-order valence-corrected chi connectivity index (χ4v) is 3.18. The monoisotopic (exact) mass is 332 g/mol. The molecule has 1 aromatic carbocycles. The molecule has 0 unspecified atom stereocenters. The topological polar surface area (TPSA) is 45.5 Å². The molecule has 1 aliphatic rings. The van der Waals surface area contributed by atoms with Crippen LogP contribution in [-0.4, -0.2) is 30.4 Å². The molecule has 1 aromatic heterocycles. The van der Waals surface area contributed by atoms with Crippen LogP contribution < -0.4 is 5.32 Å². The van der Waals surface area contributed by atoms with E-state index in [1.807, 2.05) is 24.3 Å². The highest BCUT2D eigenvalue weighted by Gasteiger charge is 2.23. The standard InChI is InChI=1S/C18H21ClN2O2/c19-15-8-6-14(7-9-15)16(21-10-2-1-3-11-21)13-20-18(22)17-5-4-12-23-17/h4-9,12,16H,1-3,10-11,13H2,(H,20,22)/t16-/m1/s1. The van der Waals surface area contributed by atoms with Crippen molar-refractivity contribution in [1.82, 2.24) is 10.2 Å². The summed E-state index contributed by atoms with van der Waals surface area (Å²) in [6.07, 6.45) is 5.20. The van der Waals surface area contributed by atoms with Gasteiger partial charge in [-0.1, -0.05) is 30.2 Å². The van der Waals surface area contributed by atoms with Gasteiger partial charge in [0, 0.05) is 11.6 Å². The number of amides is 1. The number of piperidine rings is 1. The zero-order valence-electron chi connectivity index (χ0n) is 13.0. The summed E-state index contributed by atoms with van der Waals surface area (Å²) in [6.45, 7) is 2.68. The highest BCUT2D eigenvalue weighted by atomic mass is 35.5. The molecule has 0 aliphatic carbocycles. The first-order chi connectivity index (χ1) is 11.2. The molecule has 5 heteroatoms. The summed E-state index contributed by atoms with van der Waals surface area (Å²) in [6, 6.07) is 11.4. The Bertz CT molecular complexity index is 619. The van der Waals surface area contributed by atoms with Crippen LogP contribution in [0.5, 0.6) is 0 Å². The van der Waals surface area contributed by atoms with E-state index in [1.54, 1.807) is 12.1 Å². The third kappa shape index (κ3) is 4.15. The quantitative estimate of drug-likeness (QED) is 0.903. The fourth-order valence-electron chi connectivity index (χ4n) is 3.06. The smallest absolute Gasteiger partial charge is 0.287 e. The summed E-state index contributed by atoms with van der Waals surface area (Å²) in [5.41, 5.74) is 1.18. The second kappa shape index (κ2) is 7.66. The van der Waals surface area contributed by atoms with Gasteiger partial charge in [-0.3, -0.25) is 9.69 Å². The second-order valence-corrected chi connectivity index (χ2v) is 6.29. The number of carbonyl (C=O) groups is 1. The van der Waals surface area contributed by atoms with E-state index < -0.39 is 0 Å². The second-order valence-electron chi connectivity index (χ2n) is 5.85. The average molecular weight is 333 g/mol. The predicted molar refractivity (Wildman–Crippen MR) is 90.7 cm³/mol. The summed E-state index contributed by atoms with van der Waals surface area (Å²) >= 11 is 6.00. The van der Waals surface area contributed by atoms with Crippen LogP contribution in [0.15, 0.2) is 47.1 Å². The van der Waals surface area contributed by atoms with Crippen LogP contribution in [0.3, 0.4) is 0 Å². The molecule has 2 aromatic rings. The molecular formula is C18H21ClN2O2. The van der Waals surface area contributed by atoms with Gasteiger partial charge in [-0.2, -0.15) is 0 Å². The number of rotatable bonds is 5. The lowest BCUT2D eigenvalue weighted by atomic mass is 10.0. The molecule has 1 fully saturated rings. The normalized spacial score (nSPS) is 16.9. The van der Waals surface area contributed by atoms with Gasteiger partial charge in [-0.05, 0) is 55.8 Å². The van der Waals surface area contributed by atoms with Crippen molar-refractivity contribution >= 4 is 17.5 Å². The first kappa shape index (κ1) is 16.1. The van der Waals surface area contributed by atoms with Crippen molar-refractivity contribution in [3.63, 3.8) is 0 Å². The summed E-state index contributed by atoms with van der Waals surface area (Å²) in [5.74, 6) is 0.171. The van der Waals surface area contributed by atoms with Crippen molar-refractivity contribution in [3.05, 3.63) is 59.0 Å². The van der Waals surface area contributed by atoms with E-state index in [2.05, 4.69) is 10.2 Å². The number of likely N-dealkylation sites (tertiary alicyclic amines) is 1. The molecular weight excluding hydrogens is 312 g/mol. The SMILES string of the molecule is O=C(NC[C@H](c1ccc(Cl)cc1)N1CCCCC1)c1ccco1. The van der Waals surface area contributed by atoms with Crippen LogP contribution in [-0.2, 0) is 0 Å². The molecule has 1 aliphatic heterocycles. The molecule has 0 bridgehead atoms. The highest BCUT2D eigenvalue weighted by Crippen LogP contribution is 2.25. The van der Waals surface area contributed by atoms with Crippen molar-refractivity contribution in [3.8, 4) is 0 Å². The van der Waals surface area contributed by atoms with Gasteiger partial charge in [0.05, 0.1) is 12.3 Å². The van der Waals surface area contributed by atoms with Crippen molar-refractivity contribution in [2.75, 3.05) is 19.6 Å². The Labute approximate surface area is 141 Å². The van der Waals surface area contributed by atoms with Crippen LogP contribution in [0.25, 0.3) is 0 Å². The molecule has 23 heavy (non-hydrogen) atoms. The number of hydrogen-bond donors (Lipinski definition) is 1. The van der Waals surface area contributed by atoms with Crippen LogP contribution in [0.1, 0.15) is 41.4 Å². The fraction of sp³-hybridized carbons (Fsp3) is 0.389. The van der Waals surface area contributed by atoms with Gasteiger partial charge < -0.3 is 9.73 Å². The Morgan fingerprint density at radius 2 is 1.91 bits per heavy atom. The van der Waals surface area contributed by atoms with Gasteiger partial charge >= 0.3 is 0 Å². The molecule has 4 nitrogen and oxygen atoms in total. The predicted octanol–water partition coefficient (Wildman–Crippen LogP) is 3.89. The third-order valence-electron chi connectivity index (χ3n) is 4.29. The lowest BCUT2D eigenvalue weighted by molar-refractivity contribution is 0.0897. The summed E-state index contributed by atoms with van der Waals surface area (Å²) in [7, 11) is 0. The Morgan fingerprint density at radius 3 is 2.57 bits per heavy atom. The summed E-state index contributed by atoms with van der Waals surface area (Å²) in [5, 5.41) is 3.72. The maximum atomic E-state index is 12.1. The molecule has 1 amide bonds. The van der Waals surface area contributed by atoms with Gasteiger partial charge in [-0.25, -0.2) is 0 Å². The first-order valence-electron chi connectivity index (χ1n) is 8.05. The first-order valence-corrected chi connectivity index (χ1v) is 8.43. The number of carbonyl (C=O) groups excluding carboxylic acids is 1. The van der Waals surface area contributed by atoms with Crippen molar-refractivity contribution in [2.45, 2.75) is 25.3 Å². The van der Waals surface area contributed by atoms with E-state index in [1.165, 1.54) is 31.1 Å². The van der Waals surface area contributed by atoms with Crippen LogP contribution >= 0.6 is 11.6 Å². The number of nitrogens with zero attached hydrogens (tertiary/aromatic N) is 1. The van der Waals surface area contributed by atoms with E-state index in [0.717, 1.165) is 18.1 Å². The largest absolute Gasteiger partial charge is 0.459 e. The van der Waals surface area contributed by atoms with Crippen LogP contribution in [0, 0.1) is 0 Å². The maximum absolute atomic E-state index is 12.1. The number of nitrogens with one attached hydrogen (secondary N) is 1. The minimum absolute atomic E-state index is 0.159. The van der Waals surface area contributed by atoms with Gasteiger partial charge in [0.15, 0.2) is 5.76 Å². The summed E-state index contributed by atoms with van der Waals surface area (Å²) in [4.78, 5) is 14.6.